The highest BCUT2D eigenvalue weighted by Crippen LogP contribution is 2.34. The smallest absolute Gasteiger partial charge is 0.245 e. The molecule has 0 aliphatic carbocycles. The molecule has 7 nitrogen and oxygen atoms in total. The quantitative estimate of drug-likeness (QED) is 0.521. The molecule has 2 atom stereocenters. The number of fused-ring (bicyclic) bond motifs is 1. The number of nitrogens with two attached hydrogens (primary N) is 1. The van der Waals surface area contributed by atoms with E-state index in [9.17, 15) is 17.6 Å². The van der Waals surface area contributed by atoms with Crippen molar-refractivity contribution in [3.05, 3.63) is 59.7 Å². The average Bonchev–Trinajstić information content (AvgIpc) is 3.35. The molecule has 2 aliphatic rings. The van der Waals surface area contributed by atoms with E-state index < -0.39 is 22.1 Å². The summed E-state index contributed by atoms with van der Waals surface area (Å²) in [6.07, 6.45) is -0.294. The number of carbonyl (C=O) groups is 1. The minimum atomic E-state index is -3.55. The molecule has 0 aromatic heterocycles. The largest absolute Gasteiger partial charge is 0.384 e. The van der Waals surface area contributed by atoms with Crippen LogP contribution in [0.4, 0.5) is 10.1 Å². The van der Waals surface area contributed by atoms with Crippen LogP contribution < -0.4 is 10.6 Å². The molecule has 1 amide bonds. The van der Waals surface area contributed by atoms with E-state index in [2.05, 4.69) is 0 Å². The van der Waals surface area contributed by atoms with Crippen molar-refractivity contribution in [2.45, 2.75) is 30.0 Å². The van der Waals surface area contributed by atoms with Crippen LogP contribution in [0.2, 0.25) is 0 Å². The Morgan fingerprint density at radius 3 is 2.58 bits per heavy atom. The zero-order chi connectivity index (χ0) is 22.2. The minimum absolute atomic E-state index is 0.0700. The number of nitrogens with zero attached hydrogens (tertiary/aromatic N) is 2. The molecule has 0 spiro atoms. The first-order chi connectivity index (χ1) is 14.8. The van der Waals surface area contributed by atoms with Crippen molar-refractivity contribution in [3.8, 4) is 0 Å². The number of likely N-dealkylation sites (tertiary alicyclic amines) is 1. The number of halogens is 1. The van der Waals surface area contributed by atoms with Crippen LogP contribution in [-0.2, 0) is 21.1 Å². The number of carbonyl (C=O) groups excluding carboxylic acids is 1. The van der Waals surface area contributed by atoms with Gasteiger partial charge in [0.05, 0.1) is 17.2 Å². The summed E-state index contributed by atoms with van der Waals surface area (Å²) >= 11 is 0. The first kappa shape index (κ1) is 21.3. The number of hydrogen-bond donors (Lipinski definition) is 2. The average molecular weight is 445 g/mol. The van der Waals surface area contributed by atoms with E-state index in [0.29, 0.717) is 30.6 Å². The number of hydrogen-bond acceptors (Lipinski definition) is 5. The van der Waals surface area contributed by atoms with Gasteiger partial charge in [0.25, 0.3) is 0 Å². The number of nitrogen functional groups attached to an aromatic ring is 1. The summed E-state index contributed by atoms with van der Waals surface area (Å²) in [7, 11) is -3.55. The van der Waals surface area contributed by atoms with Crippen LogP contribution in [0.15, 0.2) is 53.4 Å². The number of sulfone groups is 1. The molecule has 31 heavy (non-hydrogen) atoms. The van der Waals surface area contributed by atoms with E-state index >= 15 is 0 Å². The third-order valence-corrected chi connectivity index (χ3v) is 7.64. The maximum atomic E-state index is 13.7. The molecular weight excluding hydrogens is 419 g/mol. The summed E-state index contributed by atoms with van der Waals surface area (Å²) in [4.78, 5) is 16.7. The van der Waals surface area contributed by atoms with Gasteiger partial charge in [-0.25, -0.2) is 12.8 Å². The lowest BCUT2D eigenvalue weighted by molar-refractivity contribution is -0.131. The van der Waals surface area contributed by atoms with Gasteiger partial charge < -0.3 is 15.5 Å². The van der Waals surface area contributed by atoms with Crippen molar-refractivity contribution >= 4 is 27.3 Å². The van der Waals surface area contributed by atoms with Gasteiger partial charge in [-0.1, -0.05) is 30.3 Å². The lowest BCUT2D eigenvalue weighted by Crippen LogP contribution is -2.48. The van der Waals surface area contributed by atoms with Crippen molar-refractivity contribution in [1.82, 2.24) is 4.90 Å². The molecule has 1 unspecified atom stereocenters. The Balaban J connectivity index is 1.62. The lowest BCUT2D eigenvalue weighted by atomic mass is 10.1. The first-order valence-corrected chi connectivity index (χ1v) is 11.9. The number of rotatable bonds is 6. The second-order valence-corrected chi connectivity index (χ2v) is 10.1. The fourth-order valence-electron chi connectivity index (χ4n) is 4.25. The predicted molar refractivity (Wildman–Crippen MR) is 117 cm³/mol. The molecule has 1 saturated heterocycles. The van der Waals surface area contributed by atoms with Crippen molar-refractivity contribution < 1.29 is 17.6 Å². The van der Waals surface area contributed by atoms with Gasteiger partial charge in [0.1, 0.15) is 18.0 Å². The van der Waals surface area contributed by atoms with Crippen LogP contribution in [0.3, 0.4) is 0 Å². The second-order valence-electron chi connectivity index (χ2n) is 7.97. The number of amides is 1. The van der Waals surface area contributed by atoms with Gasteiger partial charge in [-0.3, -0.25) is 10.2 Å². The van der Waals surface area contributed by atoms with Crippen molar-refractivity contribution in [2.75, 3.05) is 30.3 Å². The Hall–Kier alpha value is -2.94. The number of amidine groups is 1. The molecular formula is C22H25FN4O3S. The van der Waals surface area contributed by atoms with Crippen molar-refractivity contribution in [3.63, 3.8) is 0 Å². The summed E-state index contributed by atoms with van der Waals surface area (Å²) < 4.78 is 39.3. The van der Waals surface area contributed by atoms with Crippen LogP contribution in [-0.4, -0.2) is 62.7 Å². The number of benzene rings is 2. The van der Waals surface area contributed by atoms with Gasteiger partial charge >= 0.3 is 0 Å². The second kappa shape index (κ2) is 8.30. The molecule has 4 rings (SSSR count). The fraction of sp³-hybridized carbons (Fsp3) is 0.364. The van der Waals surface area contributed by atoms with Crippen LogP contribution in [0, 0.1) is 5.41 Å². The van der Waals surface area contributed by atoms with Crippen LogP contribution >= 0.6 is 0 Å². The minimum Gasteiger partial charge on any atom is -0.384 e. The van der Waals surface area contributed by atoms with Crippen LogP contribution in [0.1, 0.15) is 17.5 Å². The summed E-state index contributed by atoms with van der Waals surface area (Å²) in [5.74, 6) is -0.469. The maximum Gasteiger partial charge on any atom is 0.245 e. The monoisotopic (exact) mass is 444 g/mol. The summed E-state index contributed by atoms with van der Waals surface area (Å²) in [5, 5.41) is 7.72. The Bertz CT molecular complexity index is 1110. The highest BCUT2D eigenvalue weighted by molar-refractivity contribution is 7.91. The van der Waals surface area contributed by atoms with Crippen molar-refractivity contribution in [2.24, 2.45) is 5.73 Å². The molecule has 9 heteroatoms. The summed E-state index contributed by atoms with van der Waals surface area (Å²) in [5.41, 5.74) is 7.73. The van der Waals surface area contributed by atoms with Gasteiger partial charge in [0.15, 0.2) is 9.84 Å². The Labute approximate surface area is 181 Å². The molecule has 164 valence electrons. The molecule has 1 fully saturated rings. The standard InChI is InChI=1S/C22H25FN4O3S/c23-17-8-9-26(14-17)22(28)20-12-15-6-7-16(21(24)25)13-19(15)27(20)10-11-31(29,30)18-4-2-1-3-5-18/h1-7,13,17,20H,8-12,14H2,(H3,24,25)/t17-,20?/m1/s1. The zero-order valence-corrected chi connectivity index (χ0v) is 17.8. The number of anilines is 1. The first-order valence-electron chi connectivity index (χ1n) is 10.2. The molecule has 0 bridgehead atoms. The van der Waals surface area contributed by atoms with E-state index in [1.807, 2.05) is 6.07 Å². The van der Waals surface area contributed by atoms with E-state index in [1.165, 1.54) is 4.90 Å². The van der Waals surface area contributed by atoms with Gasteiger partial charge in [0.2, 0.25) is 5.91 Å². The molecule has 2 aliphatic heterocycles. The summed E-state index contributed by atoms with van der Waals surface area (Å²) in [6, 6.07) is 12.9. The Morgan fingerprint density at radius 2 is 1.94 bits per heavy atom. The zero-order valence-electron chi connectivity index (χ0n) is 17.0. The van der Waals surface area contributed by atoms with E-state index in [4.69, 9.17) is 11.1 Å². The lowest BCUT2D eigenvalue weighted by Gasteiger charge is -2.30. The van der Waals surface area contributed by atoms with Crippen LogP contribution in [0.25, 0.3) is 0 Å². The SMILES string of the molecule is N=C(N)c1ccc2c(c1)N(CCS(=O)(=O)c1ccccc1)C(C(=O)N1CC[C@@H](F)C1)C2. The van der Waals surface area contributed by atoms with E-state index in [-0.39, 0.29) is 35.5 Å². The Morgan fingerprint density at radius 1 is 1.19 bits per heavy atom. The van der Waals surface area contributed by atoms with Crippen LogP contribution in [0.5, 0.6) is 0 Å². The number of alkyl halides is 1. The van der Waals surface area contributed by atoms with Crippen molar-refractivity contribution in [1.29, 1.82) is 5.41 Å². The van der Waals surface area contributed by atoms with E-state index in [0.717, 1.165) is 5.56 Å². The predicted octanol–water partition coefficient (Wildman–Crippen LogP) is 1.75. The molecule has 2 heterocycles. The van der Waals surface area contributed by atoms with Gasteiger partial charge in [-0.05, 0) is 30.2 Å². The highest BCUT2D eigenvalue weighted by atomic mass is 32.2. The molecule has 0 radical (unpaired) electrons. The van der Waals surface area contributed by atoms with Gasteiger partial charge in [-0.2, -0.15) is 0 Å². The van der Waals surface area contributed by atoms with Gasteiger partial charge in [0, 0.05) is 30.8 Å². The molecule has 3 N–H and O–H groups in total. The Kier molecular flexibility index (Phi) is 5.70. The fourth-order valence-corrected chi connectivity index (χ4v) is 5.49. The van der Waals surface area contributed by atoms with E-state index in [1.54, 1.807) is 47.4 Å². The summed E-state index contributed by atoms with van der Waals surface area (Å²) in [6.45, 7) is 0.539. The topological polar surface area (TPSA) is 108 Å². The normalized spacial score (nSPS) is 20.7. The third-order valence-electron chi connectivity index (χ3n) is 5.93. The third kappa shape index (κ3) is 4.27. The molecule has 0 saturated carbocycles. The highest BCUT2D eigenvalue weighted by Gasteiger charge is 2.39. The maximum absolute atomic E-state index is 13.7. The number of nitrogens with one attached hydrogen (secondary N) is 1. The van der Waals surface area contributed by atoms with Gasteiger partial charge in [-0.15, -0.1) is 0 Å². The molecule has 2 aromatic carbocycles. The molecule has 2 aromatic rings.